The molecule has 1 unspecified atom stereocenters. The molecule has 1 heterocycles. The van der Waals surface area contributed by atoms with Gasteiger partial charge in [-0.25, -0.2) is 0 Å². The molecule has 0 aromatic heterocycles. The van der Waals surface area contributed by atoms with Crippen LogP contribution < -0.4 is 0 Å². The van der Waals surface area contributed by atoms with E-state index in [4.69, 9.17) is 9.47 Å². The van der Waals surface area contributed by atoms with E-state index in [1.165, 1.54) is 0 Å². The van der Waals surface area contributed by atoms with Crippen LogP contribution in [0.5, 0.6) is 0 Å². The van der Waals surface area contributed by atoms with E-state index < -0.39 is 11.0 Å². The Balaban J connectivity index is 1.62. The minimum Gasteiger partial charge on any atom is -0.449 e. The molecule has 1 saturated heterocycles. The number of aliphatic hydroxyl groups is 1. The Labute approximate surface area is 199 Å². The molecule has 4 fully saturated rings. The monoisotopic (exact) mass is 474 g/mol. The minimum atomic E-state index is -1.28. The summed E-state index contributed by atoms with van der Waals surface area (Å²) in [4.78, 5) is 38.4. The highest BCUT2D eigenvalue weighted by Gasteiger charge is 2.83. The highest BCUT2D eigenvalue weighted by Crippen LogP contribution is 2.77. The number of ether oxygens (including phenoxy) is 2. The molecule has 9 atom stereocenters. The van der Waals surface area contributed by atoms with Crippen molar-refractivity contribution in [2.75, 3.05) is 5.94 Å². The van der Waals surface area contributed by atoms with Gasteiger partial charge >= 0.3 is 5.97 Å². The van der Waals surface area contributed by atoms with Gasteiger partial charge in [0.25, 0.3) is 0 Å². The summed E-state index contributed by atoms with van der Waals surface area (Å²) < 4.78 is 12.7. The molecular formula is C26H34O6S. The van der Waals surface area contributed by atoms with Crippen LogP contribution in [-0.2, 0) is 23.9 Å². The van der Waals surface area contributed by atoms with E-state index in [1.54, 1.807) is 19.1 Å². The lowest BCUT2D eigenvalue weighted by atomic mass is 9.45. The number of ketones is 1. The Bertz CT molecular complexity index is 987. The number of fused-ring (bicyclic) bond motifs is 3. The van der Waals surface area contributed by atoms with Crippen molar-refractivity contribution in [1.29, 1.82) is 0 Å². The number of allylic oxidation sites excluding steroid dienone is 2. The third-order valence-corrected chi connectivity index (χ3v) is 10.6. The Morgan fingerprint density at radius 2 is 1.97 bits per heavy atom. The highest BCUT2D eigenvalue weighted by atomic mass is 32.2. The third kappa shape index (κ3) is 2.67. The summed E-state index contributed by atoms with van der Waals surface area (Å²) in [6.07, 6.45) is 7.91. The van der Waals surface area contributed by atoms with Crippen molar-refractivity contribution in [1.82, 2.24) is 0 Å². The SMILES string of the molecule is CCC(=O)O[C@]1(C(=O)SCO)[C@H](C)C[C@H]2C3C[C@H](C)C4=CC(=O)C=C[C@]4(C)[C@@]34O[C@H]4C[C@@]21C. The van der Waals surface area contributed by atoms with Crippen molar-refractivity contribution in [2.45, 2.75) is 77.6 Å². The second-order valence-electron chi connectivity index (χ2n) is 11.2. The highest BCUT2D eigenvalue weighted by molar-refractivity contribution is 8.13. The third-order valence-electron chi connectivity index (χ3n) is 9.86. The quantitative estimate of drug-likeness (QED) is 0.376. The molecule has 0 amide bonds. The number of esters is 1. The number of carbonyl (C=O) groups is 3. The van der Waals surface area contributed by atoms with Gasteiger partial charge in [-0.15, -0.1) is 0 Å². The van der Waals surface area contributed by atoms with E-state index in [0.717, 1.165) is 30.2 Å². The van der Waals surface area contributed by atoms with Crippen molar-refractivity contribution in [3.63, 3.8) is 0 Å². The zero-order chi connectivity index (χ0) is 24.0. The van der Waals surface area contributed by atoms with E-state index in [-0.39, 0.29) is 70.0 Å². The van der Waals surface area contributed by atoms with Crippen LogP contribution in [-0.4, -0.2) is 45.2 Å². The van der Waals surface area contributed by atoms with Crippen LogP contribution in [0.15, 0.2) is 23.8 Å². The zero-order valence-electron chi connectivity index (χ0n) is 20.1. The number of epoxide rings is 1. The zero-order valence-corrected chi connectivity index (χ0v) is 20.9. The first kappa shape index (κ1) is 23.3. The van der Waals surface area contributed by atoms with E-state index in [2.05, 4.69) is 20.8 Å². The van der Waals surface area contributed by atoms with Gasteiger partial charge in [-0.2, -0.15) is 0 Å². The van der Waals surface area contributed by atoms with Crippen molar-refractivity contribution in [3.8, 4) is 0 Å². The number of thioether (sulfide) groups is 1. The Morgan fingerprint density at radius 1 is 1.24 bits per heavy atom. The fourth-order valence-electron chi connectivity index (χ4n) is 8.47. The molecule has 0 aromatic carbocycles. The molecule has 3 saturated carbocycles. The maximum absolute atomic E-state index is 13.6. The summed E-state index contributed by atoms with van der Waals surface area (Å²) in [5.74, 6) is -0.308. The minimum absolute atomic E-state index is 0.0358. The summed E-state index contributed by atoms with van der Waals surface area (Å²) in [5, 5.41) is 9.32. The Morgan fingerprint density at radius 3 is 2.64 bits per heavy atom. The van der Waals surface area contributed by atoms with Crippen LogP contribution in [0.1, 0.15) is 60.3 Å². The van der Waals surface area contributed by atoms with Gasteiger partial charge in [0.05, 0.1) is 12.0 Å². The Kier molecular flexibility index (Phi) is 5.14. The summed E-state index contributed by atoms with van der Waals surface area (Å²) in [5.41, 5.74) is -1.45. The average Bonchev–Trinajstić information content (AvgIpc) is 3.44. The van der Waals surface area contributed by atoms with Gasteiger partial charge in [0, 0.05) is 23.2 Å². The van der Waals surface area contributed by atoms with Gasteiger partial charge in [-0.05, 0) is 56.1 Å². The van der Waals surface area contributed by atoms with Gasteiger partial charge in [0.2, 0.25) is 5.12 Å². The number of hydrogen-bond acceptors (Lipinski definition) is 7. The molecule has 1 spiro atoms. The maximum atomic E-state index is 13.6. The molecule has 0 bridgehead atoms. The van der Waals surface area contributed by atoms with E-state index in [9.17, 15) is 19.5 Å². The molecule has 5 rings (SSSR count). The maximum Gasteiger partial charge on any atom is 0.306 e. The number of hydrogen-bond donors (Lipinski definition) is 1. The predicted octanol–water partition coefficient (Wildman–Crippen LogP) is 3.82. The van der Waals surface area contributed by atoms with Crippen LogP contribution in [0.3, 0.4) is 0 Å². The first-order chi connectivity index (χ1) is 15.5. The second-order valence-corrected chi connectivity index (χ2v) is 12.1. The standard InChI is InChI=1S/C26H34O6S/c1-6-21(29)32-25(22(30)33-13-27)15(3)10-18-19-9-14(2)17-11-16(28)7-8-23(17,4)26(19)20(31-26)12-24(18,25)5/h7-8,11,14-15,18-20,27H,6,9-10,12-13H2,1-5H3/t14-,15+,18-,19?,20-,23-,24-,25-,26+/m0/s1. The summed E-state index contributed by atoms with van der Waals surface area (Å²) in [6.45, 7) is 10.2. The van der Waals surface area contributed by atoms with Gasteiger partial charge in [-0.1, -0.05) is 51.1 Å². The molecule has 6 nitrogen and oxygen atoms in total. The summed E-state index contributed by atoms with van der Waals surface area (Å²) in [6, 6.07) is 0. The fraction of sp³-hybridized carbons (Fsp3) is 0.731. The van der Waals surface area contributed by atoms with Crippen molar-refractivity contribution in [3.05, 3.63) is 23.8 Å². The smallest absolute Gasteiger partial charge is 0.306 e. The number of aliphatic hydroxyl groups excluding tert-OH is 1. The van der Waals surface area contributed by atoms with E-state index >= 15 is 0 Å². The summed E-state index contributed by atoms with van der Waals surface area (Å²) >= 11 is 0.839. The average molecular weight is 475 g/mol. The predicted molar refractivity (Wildman–Crippen MR) is 124 cm³/mol. The molecule has 5 aliphatic rings. The van der Waals surface area contributed by atoms with Gasteiger partial charge in [0.15, 0.2) is 11.4 Å². The molecule has 1 N–H and O–H groups in total. The number of rotatable bonds is 4. The largest absolute Gasteiger partial charge is 0.449 e. The van der Waals surface area contributed by atoms with Gasteiger partial charge < -0.3 is 14.6 Å². The molecule has 0 aromatic rings. The van der Waals surface area contributed by atoms with E-state index in [1.807, 2.05) is 13.0 Å². The molecule has 4 aliphatic carbocycles. The molecule has 0 radical (unpaired) electrons. The van der Waals surface area contributed by atoms with Gasteiger partial charge in [0.1, 0.15) is 5.60 Å². The first-order valence-electron chi connectivity index (χ1n) is 12.1. The Hall–Kier alpha value is -1.44. The summed E-state index contributed by atoms with van der Waals surface area (Å²) in [7, 11) is 0. The lowest BCUT2D eigenvalue weighted by Crippen LogP contribution is -2.63. The van der Waals surface area contributed by atoms with Crippen LogP contribution in [0.4, 0.5) is 0 Å². The number of carbonyl (C=O) groups excluding carboxylic acids is 3. The van der Waals surface area contributed by atoms with E-state index in [0.29, 0.717) is 6.42 Å². The molecular weight excluding hydrogens is 440 g/mol. The van der Waals surface area contributed by atoms with Crippen molar-refractivity contribution >= 4 is 28.6 Å². The van der Waals surface area contributed by atoms with Gasteiger partial charge in [-0.3, -0.25) is 14.4 Å². The lowest BCUT2D eigenvalue weighted by Gasteiger charge is -2.57. The molecule has 180 valence electrons. The van der Waals surface area contributed by atoms with Crippen LogP contribution in [0.2, 0.25) is 0 Å². The van der Waals surface area contributed by atoms with Crippen LogP contribution >= 0.6 is 11.8 Å². The lowest BCUT2D eigenvalue weighted by molar-refractivity contribution is -0.187. The molecule has 33 heavy (non-hydrogen) atoms. The molecule has 7 heteroatoms. The fourth-order valence-corrected chi connectivity index (χ4v) is 9.28. The molecule has 1 aliphatic heterocycles. The van der Waals surface area contributed by atoms with Crippen molar-refractivity contribution < 1.29 is 29.0 Å². The topological polar surface area (TPSA) is 93.2 Å². The van der Waals surface area contributed by atoms with Crippen LogP contribution in [0.25, 0.3) is 0 Å². The first-order valence-corrected chi connectivity index (χ1v) is 13.1. The van der Waals surface area contributed by atoms with Crippen molar-refractivity contribution in [2.24, 2.45) is 34.5 Å². The van der Waals surface area contributed by atoms with Crippen LogP contribution in [0, 0.1) is 34.5 Å². The normalized spacial score (nSPS) is 49.3. The second kappa shape index (κ2) is 7.28.